The van der Waals surface area contributed by atoms with E-state index in [0.29, 0.717) is 5.78 Å². The molecule has 0 aromatic carbocycles. The summed E-state index contributed by atoms with van der Waals surface area (Å²) in [7, 11) is 0. The summed E-state index contributed by atoms with van der Waals surface area (Å²) in [6.07, 6.45) is 3.94. The van der Waals surface area contributed by atoms with Gasteiger partial charge in [0, 0.05) is 5.41 Å². The Kier molecular flexibility index (Phi) is 4.22. The van der Waals surface area contributed by atoms with Crippen LogP contribution in [0.1, 0.15) is 47.5 Å². The normalized spacial score (nSPS) is 15.1. The first-order valence-electron chi connectivity index (χ1n) is 4.57. The van der Waals surface area contributed by atoms with Crippen LogP contribution < -0.4 is 0 Å². The predicted molar refractivity (Wildman–Crippen MR) is 53.1 cm³/mol. The Morgan fingerprint density at radius 3 is 2.08 bits per heavy atom. The maximum Gasteiger partial charge on any atom is 0.135 e. The number of hydrogen-bond acceptors (Lipinski definition) is 1. The van der Waals surface area contributed by atoms with Crippen LogP contribution in [-0.2, 0) is 4.79 Å². The average molecular weight is 168 g/mol. The summed E-state index contributed by atoms with van der Waals surface area (Å²) in [5, 5.41) is 0. The van der Waals surface area contributed by atoms with E-state index in [0.717, 1.165) is 12.8 Å². The molecule has 0 aliphatic rings. The van der Waals surface area contributed by atoms with Gasteiger partial charge in [0.1, 0.15) is 5.78 Å². The maximum absolute atomic E-state index is 11.3. The molecular weight excluding hydrogens is 148 g/mol. The van der Waals surface area contributed by atoms with Gasteiger partial charge in [-0.15, -0.1) is 0 Å². The Morgan fingerprint density at radius 1 is 1.33 bits per heavy atom. The molecular formula is C11H20O. The highest BCUT2D eigenvalue weighted by molar-refractivity contribution is 5.82. The van der Waals surface area contributed by atoms with Crippen LogP contribution >= 0.6 is 0 Å². The SMILES string of the molecule is CC[C@@](C)(CC=C(C)C)C(C)=O. The van der Waals surface area contributed by atoms with Gasteiger partial charge < -0.3 is 0 Å². The number of hydrogen-bond donors (Lipinski definition) is 0. The van der Waals surface area contributed by atoms with Crippen LogP contribution in [0.3, 0.4) is 0 Å². The molecule has 1 nitrogen and oxygen atoms in total. The summed E-state index contributed by atoms with van der Waals surface area (Å²) in [6, 6.07) is 0. The second-order valence-corrected chi connectivity index (χ2v) is 3.96. The smallest absolute Gasteiger partial charge is 0.135 e. The van der Waals surface area contributed by atoms with Crippen molar-refractivity contribution in [3.63, 3.8) is 0 Å². The summed E-state index contributed by atoms with van der Waals surface area (Å²) in [5.74, 6) is 0.294. The summed E-state index contributed by atoms with van der Waals surface area (Å²) in [5.41, 5.74) is 1.15. The molecule has 0 aliphatic heterocycles. The minimum atomic E-state index is -0.142. The lowest BCUT2D eigenvalue weighted by molar-refractivity contribution is -0.125. The molecule has 0 unspecified atom stereocenters. The van der Waals surface area contributed by atoms with Gasteiger partial charge in [0.25, 0.3) is 0 Å². The number of carbonyl (C=O) groups is 1. The van der Waals surface area contributed by atoms with E-state index in [2.05, 4.69) is 26.8 Å². The van der Waals surface area contributed by atoms with Crippen LogP contribution in [0.5, 0.6) is 0 Å². The predicted octanol–water partition coefficient (Wildman–Crippen LogP) is 3.35. The van der Waals surface area contributed by atoms with Crippen molar-refractivity contribution in [3.8, 4) is 0 Å². The van der Waals surface area contributed by atoms with Crippen LogP contribution in [0.15, 0.2) is 11.6 Å². The monoisotopic (exact) mass is 168 g/mol. The van der Waals surface area contributed by atoms with Crippen molar-refractivity contribution in [1.82, 2.24) is 0 Å². The minimum absolute atomic E-state index is 0.142. The molecule has 0 bridgehead atoms. The fraction of sp³-hybridized carbons (Fsp3) is 0.727. The van der Waals surface area contributed by atoms with Crippen molar-refractivity contribution in [2.24, 2.45) is 5.41 Å². The first kappa shape index (κ1) is 11.4. The molecule has 70 valence electrons. The molecule has 0 aromatic rings. The van der Waals surface area contributed by atoms with E-state index in [9.17, 15) is 4.79 Å². The molecule has 0 saturated carbocycles. The average Bonchev–Trinajstić information content (AvgIpc) is 1.99. The topological polar surface area (TPSA) is 17.1 Å². The highest BCUT2D eigenvalue weighted by Gasteiger charge is 2.25. The summed E-state index contributed by atoms with van der Waals surface area (Å²) < 4.78 is 0. The van der Waals surface area contributed by atoms with Crippen LogP contribution in [-0.4, -0.2) is 5.78 Å². The van der Waals surface area contributed by atoms with Crippen molar-refractivity contribution in [3.05, 3.63) is 11.6 Å². The van der Waals surface area contributed by atoms with Crippen molar-refractivity contribution in [2.45, 2.75) is 47.5 Å². The van der Waals surface area contributed by atoms with Crippen LogP contribution in [0.4, 0.5) is 0 Å². The Balaban J connectivity index is 4.35. The fourth-order valence-corrected chi connectivity index (χ4v) is 0.966. The summed E-state index contributed by atoms with van der Waals surface area (Å²) >= 11 is 0. The second-order valence-electron chi connectivity index (χ2n) is 3.96. The molecule has 0 fully saturated rings. The van der Waals surface area contributed by atoms with Gasteiger partial charge in [-0.2, -0.15) is 0 Å². The van der Waals surface area contributed by atoms with Gasteiger partial charge in [-0.3, -0.25) is 4.79 Å². The van der Waals surface area contributed by atoms with Gasteiger partial charge in [-0.25, -0.2) is 0 Å². The molecule has 0 aromatic heterocycles. The van der Waals surface area contributed by atoms with Crippen molar-refractivity contribution in [1.29, 1.82) is 0 Å². The zero-order chi connectivity index (χ0) is 9.78. The molecule has 0 rings (SSSR count). The quantitative estimate of drug-likeness (QED) is 0.588. The largest absolute Gasteiger partial charge is 0.299 e. The molecule has 0 spiro atoms. The van der Waals surface area contributed by atoms with Crippen molar-refractivity contribution >= 4 is 5.78 Å². The number of carbonyl (C=O) groups excluding carboxylic acids is 1. The van der Waals surface area contributed by atoms with Gasteiger partial charge in [-0.05, 0) is 33.6 Å². The standard InChI is InChI=1S/C11H20O/c1-6-11(5,10(4)12)8-7-9(2)3/h7H,6,8H2,1-5H3/t11-/m0/s1. The van der Waals surface area contributed by atoms with Crippen molar-refractivity contribution in [2.75, 3.05) is 0 Å². The highest BCUT2D eigenvalue weighted by Crippen LogP contribution is 2.27. The molecule has 1 heteroatoms. The lowest BCUT2D eigenvalue weighted by Crippen LogP contribution is -2.23. The third-order valence-electron chi connectivity index (χ3n) is 2.59. The lowest BCUT2D eigenvalue weighted by Gasteiger charge is -2.23. The molecule has 0 saturated heterocycles. The zero-order valence-electron chi connectivity index (χ0n) is 8.90. The first-order valence-corrected chi connectivity index (χ1v) is 4.57. The maximum atomic E-state index is 11.3. The van der Waals surface area contributed by atoms with Crippen LogP contribution in [0.2, 0.25) is 0 Å². The lowest BCUT2D eigenvalue weighted by atomic mass is 9.80. The molecule has 0 N–H and O–H groups in total. The molecule has 0 radical (unpaired) electrons. The third kappa shape index (κ3) is 3.21. The third-order valence-corrected chi connectivity index (χ3v) is 2.59. The van der Waals surface area contributed by atoms with E-state index in [4.69, 9.17) is 0 Å². The highest BCUT2D eigenvalue weighted by atomic mass is 16.1. The van der Waals surface area contributed by atoms with E-state index in [1.54, 1.807) is 6.92 Å². The van der Waals surface area contributed by atoms with E-state index < -0.39 is 0 Å². The van der Waals surface area contributed by atoms with E-state index in [1.807, 2.05) is 6.92 Å². The number of allylic oxidation sites excluding steroid dienone is 2. The molecule has 0 amide bonds. The minimum Gasteiger partial charge on any atom is -0.299 e. The Labute approximate surface area is 75.9 Å². The zero-order valence-corrected chi connectivity index (χ0v) is 8.90. The van der Waals surface area contributed by atoms with E-state index >= 15 is 0 Å². The molecule has 1 atom stereocenters. The first-order chi connectivity index (χ1) is 5.42. The fourth-order valence-electron chi connectivity index (χ4n) is 0.966. The van der Waals surface area contributed by atoms with Crippen LogP contribution in [0.25, 0.3) is 0 Å². The number of rotatable bonds is 4. The summed E-state index contributed by atoms with van der Waals surface area (Å²) in [4.78, 5) is 11.3. The summed E-state index contributed by atoms with van der Waals surface area (Å²) in [6.45, 7) is 9.92. The Hall–Kier alpha value is -0.590. The van der Waals surface area contributed by atoms with Crippen molar-refractivity contribution < 1.29 is 4.79 Å². The molecule has 0 aliphatic carbocycles. The van der Waals surface area contributed by atoms with Gasteiger partial charge in [0.05, 0.1) is 0 Å². The second kappa shape index (κ2) is 4.44. The molecule has 12 heavy (non-hydrogen) atoms. The van der Waals surface area contributed by atoms with Crippen LogP contribution in [0, 0.1) is 5.41 Å². The molecule has 0 heterocycles. The Morgan fingerprint density at radius 2 is 1.83 bits per heavy atom. The van der Waals surface area contributed by atoms with Gasteiger partial charge in [0.15, 0.2) is 0 Å². The van der Waals surface area contributed by atoms with Gasteiger partial charge >= 0.3 is 0 Å². The number of ketones is 1. The van der Waals surface area contributed by atoms with Gasteiger partial charge in [0.2, 0.25) is 0 Å². The number of Topliss-reactive ketones (excluding diaryl/α,β-unsaturated/α-hetero) is 1. The van der Waals surface area contributed by atoms with E-state index in [-0.39, 0.29) is 5.41 Å². The van der Waals surface area contributed by atoms with Gasteiger partial charge in [-0.1, -0.05) is 25.5 Å². The van der Waals surface area contributed by atoms with E-state index in [1.165, 1.54) is 5.57 Å². The Bertz CT molecular complexity index is 187.